The summed E-state index contributed by atoms with van der Waals surface area (Å²) in [6, 6.07) is 7.83. The zero-order chi connectivity index (χ0) is 8.77. The highest BCUT2D eigenvalue weighted by molar-refractivity contribution is 6.52. The Morgan fingerprint density at radius 2 is 1.92 bits per heavy atom. The van der Waals surface area contributed by atoms with Gasteiger partial charge >= 0.3 is 0 Å². The monoisotopic (exact) mass is 220 g/mol. The van der Waals surface area contributed by atoms with Gasteiger partial charge in [0.05, 0.1) is 5.38 Å². The fourth-order valence-corrected chi connectivity index (χ4v) is 2.32. The average Bonchev–Trinajstić information content (AvgIpc) is 2.25. The number of hydrogen-bond donors (Lipinski definition) is 0. The van der Waals surface area contributed by atoms with E-state index in [1.807, 2.05) is 24.3 Å². The van der Waals surface area contributed by atoms with Crippen molar-refractivity contribution in [2.45, 2.75) is 16.1 Å². The smallest absolute Gasteiger partial charge is 0.119 e. The van der Waals surface area contributed by atoms with Crippen LogP contribution in [-0.4, -0.2) is 5.38 Å². The second kappa shape index (κ2) is 2.80. The van der Waals surface area contributed by atoms with Gasteiger partial charge < -0.3 is 0 Å². The maximum Gasteiger partial charge on any atom is 0.159 e. The second-order valence-electron chi connectivity index (χ2n) is 2.95. The molecule has 1 aromatic rings. The fourth-order valence-electron chi connectivity index (χ4n) is 1.51. The van der Waals surface area contributed by atoms with Crippen molar-refractivity contribution >= 4 is 34.8 Å². The van der Waals surface area contributed by atoms with Gasteiger partial charge in [-0.15, -0.1) is 11.6 Å². The topological polar surface area (TPSA) is 0 Å². The van der Waals surface area contributed by atoms with Gasteiger partial charge in [-0.1, -0.05) is 47.5 Å². The Kier molecular flexibility index (Phi) is 2.02. The van der Waals surface area contributed by atoms with Crippen molar-refractivity contribution in [3.8, 4) is 0 Å². The Bertz CT molecular complexity index is 306. The molecule has 1 aliphatic carbocycles. The summed E-state index contributed by atoms with van der Waals surface area (Å²) < 4.78 is -0.905. The number of hydrogen-bond acceptors (Lipinski definition) is 0. The zero-order valence-electron chi connectivity index (χ0n) is 6.23. The first-order valence-electron chi connectivity index (χ1n) is 3.72. The summed E-state index contributed by atoms with van der Waals surface area (Å²) >= 11 is 18.2. The maximum atomic E-state index is 6.08. The molecule has 0 saturated heterocycles. The Morgan fingerprint density at radius 3 is 2.58 bits per heavy atom. The molecular formula is C9H7Cl3. The quantitative estimate of drug-likeness (QED) is 0.589. The number of halogens is 3. The van der Waals surface area contributed by atoms with Gasteiger partial charge in [-0.3, -0.25) is 0 Å². The van der Waals surface area contributed by atoms with Gasteiger partial charge in [0.1, 0.15) is 0 Å². The predicted molar refractivity (Wildman–Crippen MR) is 53.2 cm³/mol. The molecule has 1 atom stereocenters. The van der Waals surface area contributed by atoms with Crippen LogP contribution in [0, 0.1) is 0 Å². The van der Waals surface area contributed by atoms with Crippen molar-refractivity contribution in [2.75, 3.05) is 0 Å². The number of rotatable bonds is 0. The normalized spacial score (nSPS) is 25.4. The van der Waals surface area contributed by atoms with Gasteiger partial charge in [0.25, 0.3) is 0 Å². The molecule has 3 heteroatoms. The summed E-state index contributed by atoms with van der Waals surface area (Å²) in [7, 11) is 0. The molecule has 0 amide bonds. The first-order valence-corrected chi connectivity index (χ1v) is 4.92. The molecule has 0 radical (unpaired) electrons. The van der Waals surface area contributed by atoms with E-state index >= 15 is 0 Å². The third-order valence-corrected chi connectivity index (χ3v) is 3.81. The SMILES string of the molecule is ClC1Cc2ccccc2C1(Cl)Cl. The molecule has 1 unspecified atom stereocenters. The van der Waals surface area contributed by atoms with Crippen molar-refractivity contribution in [1.82, 2.24) is 0 Å². The zero-order valence-corrected chi connectivity index (χ0v) is 8.50. The molecule has 0 aromatic heterocycles. The van der Waals surface area contributed by atoms with Crippen LogP contribution in [0.15, 0.2) is 24.3 Å². The van der Waals surface area contributed by atoms with E-state index in [1.54, 1.807) is 0 Å². The van der Waals surface area contributed by atoms with Gasteiger partial charge in [-0.2, -0.15) is 0 Å². The van der Waals surface area contributed by atoms with Gasteiger partial charge in [-0.25, -0.2) is 0 Å². The highest BCUT2D eigenvalue weighted by Gasteiger charge is 2.42. The van der Waals surface area contributed by atoms with Gasteiger partial charge in [0.15, 0.2) is 4.33 Å². The van der Waals surface area contributed by atoms with Crippen LogP contribution in [0.2, 0.25) is 0 Å². The lowest BCUT2D eigenvalue weighted by Crippen LogP contribution is -2.17. The lowest BCUT2D eigenvalue weighted by molar-refractivity contribution is 0.825. The molecule has 1 aromatic carbocycles. The minimum absolute atomic E-state index is 0.210. The lowest BCUT2D eigenvalue weighted by atomic mass is 10.1. The van der Waals surface area contributed by atoms with E-state index in [2.05, 4.69) is 0 Å². The predicted octanol–water partition coefficient (Wildman–Crippen LogP) is 3.48. The molecule has 0 bridgehead atoms. The van der Waals surface area contributed by atoms with Crippen LogP contribution < -0.4 is 0 Å². The molecule has 0 spiro atoms. The van der Waals surface area contributed by atoms with E-state index in [4.69, 9.17) is 34.8 Å². The van der Waals surface area contributed by atoms with Crippen LogP contribution in [-0.2, 0) is 10.8 Å². The van der Waals surface area contributed by atoms with Crippen LogP contribution in [0.1, 0.15) is 11.1 Å². The van der Waals surface area contributed by atoms with E-state index < -0.39 is 4.33 Å². The molecule has 0 saturated carbocycles. The summed E-state index contributed by atoms with van der Waals surface area (Å²) in [5, 5.41) is -0.210. The van der Waals surface area contributed by atoms with E-state index in [9.17, 15) is 0 Å². The standard InChI is InChI=1S/C9H7Cl3/c10-8-5-6-3-1-2-4-7(6)9(8,11)12/h1-4,8H,5H2. The molecule has 0 nitrogen and oxygen atoms in total. The summed E-state index contributed by atoms with van der Waals surface area (Å²) in [5.41, 5.74) is 2.11. The largest absolute Gasteiger partial charge is 0.159 e. The lowest BCUT2D eigenvalue weighted by Gasteiger charge is -2.16. The Hall–Kier alpha value is 0.0900. The number of fused-ring (bicyclic) bond motifs is 1. The first kappa shape index (κ1) is 8.68. The summed E-state index contributed by atoms with van der Waals surface area (Å²) in [5.74, 6) is 0. The van der Waals surface area contributed by atoms with Crippen LogP contribution in [0.4, 0.5) is 0 Å². The Morgan fingerprint density at radius 1 is 1.25 bits per heavy atom. The molecule has 0 fully saturated rings. The third-order valence-electron chi connectivity index (χ3n) is 2.17. The summed E-state index contributed by atoms with van der Waals surface area (Å²) in [6.45, 7) is 0. The van der Waals surface area contributed by atoms with Gasteiger partial charge in [0, 0.05) is 0 Å². The summed E-state index contributed by atoms with van der Waals surface area (Å²) in [6.07, 6.45) is 0.755. The van der Waals surface area contributed by atoms with E-state index in [0.29, 0.717) is 0 Å². The van der Waals surface area contributed by atoms with Crippen molar-refractivity contribution < 1.29 is 0 Å². The number of benzene rings is 1. The molecule has 0 aliphatic heterocycles. The highest BCUT2D eigenvalue weighted by Crippen LogP contribution is 2.48. The first-order chi connectivity index (χ1) is 5.62. The van der Waals surface area contributed by atoms with Crippen LogP contribution >= 0.6 is 34.8 Å². The Balaban J connectivity index is 2.55. The van der Waals surface area contributed by atoms with Crippen molar-refractivity contribution in [3.05, 3.63) is 35.4 Å². The minimum atomic E-state index is -0.905. The molecule has 1 aliphatic rings. The minimum Gasteiger partial charge on any atom is -0.119 e. The van der Waals surface area contributed by atoms with Gasteiger partial charge in [0.2, 0.25) is 0 Å². The summed E-state index contributed by atoms with van der Waals surface area (Å²) in [4.78, 5) is 0. The van der Waals surface area contributed by atoms with E-state index in [1.165, 1.54) is 0 Å². The second-order valence-corrected chi connectivity index (χ2v) is 4.86. The van der Waals surface area contributed by atoms with Crippen LogP contribution in [0.25, 0.3) is 0 Å². The highest BCUT2D eigenvalue weighted by atomic mass is 35.5. The number of alkyl halides is 3. The molecule has 2 rings (SSSR count). The van der Waals surface area contributed by atoms with E-state index in [-0.39, 0.29) is 5.38 Å². The van der Waals surface area contributed by atoms with Crippen LogP contribution in [0.5, 0.6) is 0 Å². The van der Waals surface area contributed by atoms with Crippen molar-refractivity contribution in [3.63, 3.8) is 0 Å². The third kappa shape index (κ3) is 1.14. The van der Waals surface area contributed by atoms with Gasteiger partial charge in [-0.05, 0) is 17.5 Å². The Labute approximate surface area is 86.4 Å². The molecule has 0 heterocycles. The van der Waals surface area contributed by atoms with Crippen LogP contribution in [0.3, 0.4) is 0 Å². The fraction of sp³-hybridized carbons (Fsp3) is 0.333. The van der Waals surface area contributed by atoms with Crippen molar-refractivity contribution in [1.29, 1.82) is 0 Å². The van der Waals surface area contributed by atoms with Crippen molar-refractivity contribution in [2.24, 2.45) is 0 Å². The molecule has 12 heavy (non-hydrogen) atoms. The maximum absolute atomic E-state index is 6.08. The molecular weight excluding hydrogens is 214 g/mol. The van der Waals surface area contributed by atoms with E-state index in [0.717, 1.165) is 17.5 Å². The molecule has 0 N–H and O–H groups in total. The average molecular weight is 222 g/mol. The molecule has 64 valence electrons.